The summed E-state index contributed by atoms with van der Waals surface area (Å²) < 4.78 is 10.3. The molecule has 1 heterocycles. The predicted molar refractivity (Wildman–Crippen MR) is 99.3 cm³/mol. The molecule has 0 bridgehead atoms. The van der Waals surface area contributed by atoms with Gasteiger partial charge in [-0.2, -0.15) is 4.98 Å². The number of hydrogen-bond acceptors (Lipinski definition) is 5. The molecule has 26 heavy (non-hydrogen) atoms. The van der Waals surface area contributed by atoms with Gasteiger partial charge in [-0.05, 0) is 56.2 Å². The normalized spacial score (nSPS) is 10.6. The van der Waals surface area contributed by atoms with Crippen LogP contribution in [0.2, 0.25) is 0 Å². The first-order chi connectivity index (χ1) is 12.5. The highest BCUT2D eigenvalue weighted by atomic mass is 16.5. The molecular weight excluding hydrogens is 330 g/mol. The summed E-state index contributed by atoms with van der Waals surface area (Å²) in [5.41, 5.74) is 4.85. The molecule has 1 N–H and O–H groups in total. The molecule has 1 amide bonds. The minimum absolute atomic E-state index is 0.0237. The number of carbonyl (C=O) groups is 1. The van der Waals surface area contributed by atoms with Crippen molar-refractivity contribution in [1.82, 2.24) is 10.1 Å². The Morgan fingerprint density at radius 2 is 1.77 bits per heavy atom. The van der Waals surface area contributed by atoms with Gasteiger partial charge in [-0.25, -0.2) is 0 Å². The van der Waals surface area contributed by atoms with Crippen LogP contribution in [0.25, 0.3) is 11.4 Å². The summed E-state index contributed by atoms with van der Waals surface area (Å²) in [5.74, 6) is 1.28. The van der Waals surface area contributed by atoms with Crippen molar-refractivity contribution in [2.24, 2.45) is 0 Å². The van der Waals surface area contributed by atoms with Gasteiger partial charge in [0.1, 0.15) is 12.2 Å². The molecule has 0 fully saturated rings. The summed E-state index contributed by atoms with van der Waals surface area (Å²) in [6, 6.07) is 11.4. The Kier molecular flexibility index (Phi) is 5.02. The third-order valence-corrected chi connectivity index (χ3v) is 4.07. The molecule has 0 aliphatic carbocycles. The van der Waals surface area contributed by atoms with Crippen LogP contribution in [-0.4, -0.2) is 23.2 Å². The second-order valence-corrected chi connectivity index (χ2v) is 6.24. The number of aryl methyl sites for hydroxylation is 3. The van der Waals surface area contributed by atoms with Crippen molar-refractivity contribution >= 4 is 11.6 Å². The zero-order chi connectivity index (χ0) is 18.7. The zero-order valence-corrected chi connectivity index (χ0v) is 15.3. The molecule has 0 saturated heterocycles. The molecule has 0 aliphatic heterocycles. The minimum Gasteiger partial charge on any atom is -0.497 e. The van der Waals surface area contributed by atoms with E-state index in [-0.39, 0.29) is 18.2 Å². The van der Waals surface area contributed by atoms with E-state index in [0.717, 1.165) is 28.1 Å². The van der Waals surface area contributed by atoms with Crippen LogP contribution in [0.5, 0.6) is 5.75 Å². The topological polar surface area (TPSA) is 77.2 Å². The van der Waals surface area contributed by atoms with Crippen molar-refractivity contribution in [3.63, 3.8) is 0 Å². The molecule has 134 valence electrons. The zero-order valence-electron chi connectivity index (χ0n) is 15.3. The average molecular weight is 351 g/mol. The first-order valence-corrected chi connectivity index (χ1v) is 8.31. The number of anilines is 1. The summed E-state index contributed by atoms with van der Waals surface area (Å²) in [6.07, 6.45) is 0.0237. The highest BCUT2D eigenvalue weighted by Gasteiger charge is 2.14. The van der Waals surface area contributed by atoms with Crippen LogP contribution in [0.4, 0.5) is 5.69 Å². The molecule has 0 atom stereocenters. The highest BCUT2D eigenvalue weighted by molar-refractivity contribution is 5.93. The Balaban J connectivity index is 1.70. The van der Waals surface area contributed by atoms with Gasteiger partial charge in [0, 0.05) is 11.3 Å². The fourth-order valence-electron chi connectivity index (χ4n) is 2.88. The standard InChI is InChI=1S/C20H21N3O3/c1-12-9-13(2)19(14(3)10-12)21-17(24)11-18-22-20(23-26-18)15-5-7-16(25-4)8-6-15/h5-10H,11H2,1-4H3,(H,21,24). The van der Waals surface area contributed by atoms with Crippen molar-refractivity contribution in [2.75, 3.05) is 12.4 Å². The van der Waals surface area contributed by atoms with Gasteiger partial charge in [0.05, 0.1) is 7.11 Å². The van der Waals surface area contributed by atoms with E-state index >= 15 is 0 Å². The van der Waals surface area contributed by atoms with E-state index < -0.39 is 0 Å². The number of aromatic nitrogens is 2. The molecular formula is C20H21N3O3. The van der Waals surface area contributed by atoms with Crippen molar-refractivity contribution in [2.45, 2.75) is 27.2 Å². The number of benzene rings is 2. The van der Waals surface area contributed by atoms with Crippen molar-refractivity contribution in [3.05, 3.63) is 59.0 Å². The van der Waals surface area contributed by atoms with Crippen LogP contribution in [0.1, 0.15) is 22.6 Å². The number of ether oxygens (including phenoxy) is 1. The molecule has 3 rings (SSSR count). The molecule has 6 heteroatoms. The second-order valence-electron chi connectivity index (χ2n) is 6.24. The largest absolute Gasteiger partial charge is 0.497 e. The van der Waals surface area contributed by atoms with E-state index in [0.29, 0.717) is 5.82 Å². The van der Waals surface area contributed by atoms with Crippen LogP contribution >= 0.6 is 0 Å². The minimum atomic E-state index is -0.190. The maximum Gasteiger partial charge on any atom is 0.236 e. The fourth-order valence-corrected chi connectivity index (χ4v) is 2.88. The van der Waals surface area contributed by atoms with Crippen LogP contribution in [-0.2, 0) is 11.2 Å². The maximum absolute atomic E-state index is 12.3. The molecule has 0 aliphatic rings. The van der Waals surface area contributed by atoms with Gasteiger partial charge in [0.15, 0.2) is 0 Å². The SMILES string of the molecule is COc1ccc(-c2noc(CC(=O)Nc3c(C)cc(C)cc3C)n2)cc1. The summed E-state index contributed by atoms with van der Waals surface area (Å²) in [5, 5.41) is 6.88. The first kappa shape index (κ1) is 17.7. The Morgan fingerprint density at radius 1 is 1.12 bits per heavy atom. The summed E-state index contributed by atoms with van der Waals surface area (Å²) in [4.78, 5) is 16.6. The summed E-state index contributed by atoms with van der Waals surface area (Å²) in [6.45, 7) is 5.99. The number of methoxy groups -OCH3 is 1. The van der Waals surface area contributed by atoms with Crippen LogP contribution in [0.3, 0.4) is 0 Å². The molecule has 0 radical (unpaired) electrons. The quantitative estimate of drug-likeness (QED) is 0.755. The van der Waals surface area contributed by atoms with E-state index in [9.17, 15) is 4.79 Å². The lowest BCUT2D eigenvalue weighted by Crippen LogP contribution is -2.16. The third kappa shape index (κ3) is 3.91. The molecule has 6 nitrogen and oxygen atoms in total. The van der Waals surface area contributed by atoms with Crippen LogP contribution in [0.15, 0.2) is 40.9 Å². The van der Waals surface area contributed by atoms with E-state index in [2.05, 4.69) is 15.5 Å². The third-order valence-electron chi connectivity index (χ3n) is 4.07. The molecule has 0 saturated carbocycles. The van der Waals surface area contributed by atoms with E-state index in [4.69, 9.17) is 9.26 Å². The number of nitrogens with one attached hydrogen (secondary N) is 1. The smallest absolute Gasteiger partial charge is 0.236 e. The van der Waals surface area contributed by atoms with Crippen molar-refractivity contribution < 1.29 is 14.1 Å². The maximum atomic E-state index is 12.3. The predicted octanol–water partition coefficient (Wildman–Crippen LogP) is 3.85. The Hall–Kier alpha value is -3.15. The number of rotatable bonds is 5. The van der Waals surface area contributed by atoms with Crippen molar-refractivity contribution in [3.8, 4) is 17.1 Å². The molecule has 0 unspecified atom stereocenters. The lowest BCUT2D eigenvalue weighted by molar-refractivity contribution is -0.115. The van der Waals surface area contributed by atoms with Gasteiger partial charge >= 0.3 is 0 Å². The summed E-state index contributed by atoms with van der Waals surface area (Å²) in [7, 11) is 1.61. The molecule has 3 aromatic rings. The molecule has 0 spiro atoms. The number of nitrogens with zero attached hydrogens (tertiary/aromatic N) is 2. The highest BCUT2D eigenvalue weighted by Crippen LogP contribution is 2.23. The van der Waals surface area contributed by atoms with E-state index in [1.165, 1.54) is 5.56 Å². The Bertz CT molecular complexity index is 907. The van der Waals surface area contributed by atoms with Gasteiger partial charge in [0.2, 0.25) is 17.6 Å². The van der Waals surface area contributed by atoms with Crippen LogP contribution in [0, 0.1) is 20.8 Å². The van der Waals surface area contributed by atoms with Crippen molar-refractivity contribution in [1.29, 1.82) is 0 Å². The van der Waals surface area contributed by atoms with Crippen LogP contribution < -0.4 is 10.1 Å². The first-order valence-electron chi connectivity index (χ1n) is 8.31. The second kappa shape index (κ2) is 7.39. The average Bonchev–Trinajstić information content (AvgIpc) is 3.06. The Labute approximate surface area is 152 Å². The van der Waals surface area contributed by atoms with Gasteiger partial charge in [-0.1, -0.05) is 22.9 Å². The van der Waals surface area contributed by atoms with Gasteiger partial charge in [-0.3, -0.25) is 4.79 Å². The Morgan fingerprint density at radius 3 is 2.38 bits per heavy atom. The summed E-state index contributed by atoms with van der Waals surface area (Å²) >= 11 is 0. The lowest BCUT2D eigenvalue weighted by atomic mass is 10.1. The lowest BCUT2D eigenvalue weighted by Gasteiger charge is -2.12. The monoisotopic (exact) mass is 351 g/mol. The van der Waals surface area contributed by atoms with Gasteiger partial charge in [-0.15, -0.1) is 0 Å². The molecule has 2 aromatic carbocycles. The van der Waals surface area contributed by atoms with E-state index in [1.54, 1.807) is 7.11 Å². The number of carbonyl (C=O) groups excluding carboxylic acids is 1. The number of hydrogen-bond donors (Lipinski definition) is 1. The van der Waals surface area contributed by atoms with E-state index in [1.807, 2.05) is 57.2 Å². The van der Waals surface area contributed by atoms with Gasteiger partial charge < -0.3 is 14.6 Å². The number of amides is 1. The van der Waals surface area contributed by atoms with Gasteiger partial charge in [0.25, 0.3) is 0 Å². The molecule has 1 aromatic heterocycles. The fraction of sp³-hybridized carbons (Fsp3) is 0.250.